The molecule has 13 nitrogen and oxygen atoms in total. The number of fused-ring (bicyclic) bond motifs is 1. The summed E-state index contributed by atoms with van der Waals surface area (Å²) in [7, 11) is 1.74. The van der Waals surface area contributed by atoms with Gasteiger partial charge < -0.3 is 25.0 Å². The third-order valence-corrected chi connectivity index (χ3v) is 7.80. The van der Waals surface area contributed by atoms with Crippen molar-refractivity contribution in [2.75, 3.05) is 25.5 Å². The summed E-state index contributed by atoms with van der Waals surface area (Å²) >= 11 is 0. The number of rotatable bonds is 9. The number of H-pyrrole nitrogens is 1. The minimum Gasteiger partial charge on any atom is -0.473 e. The van der Waals surface area contributed by atoms with Crippen LogP contribution in [0.1, 0.15) is 30.1 Å². The summed E-state index contributed by atoms with van der Waals surface area (Å²) in [5.41, 5.74) is -0.265. The van der Waals surface area contributed by atoms with Crippen molar-refractivity contribution in [3.8, 4) is 23.1 Å². The number of anilines is 1. The molecule has 0 aliphatic carbocycles. The number of nitrogens with zero attached hydrogens (tertiary/aromatic N) is 5. The van der Waals surface area contributed by atoms with Gasteiger partial charge in [-0.25, -0.2) is 13.8 Å². The van der Waals surface area contributed by atoms with Gasteiger partial charge in [0.1, 0.15) is 28.6 Å². The Hall–Kier alpha value is -5.70. The maximum Gasteiger partial charge on any atom is 0.284 e. The fourth-order valence-corrected chi connectivity index (χ4v) is 5.14. The highest BCUT2D eigenvalue weighted by molar-refractivity contribution is 6.04. The minimum atomic E-state index is -0.788. The van der Waals surface area contributed by atoms with E-state index in [4.69, 9.17) is 9.47 Å². The predicted octanol–water partition coefficient (Wildman–Crippen LogP) is 3.80. The fourth-order valence-electron chi connectivity index (χ4n) is 5.14. The maximum atomic E-state index is 15.3. The lowest BCUT2D eigenvalue weighted by Gasteiger charge is -2.33. The van der Waals surface area contributed by atoms with Crippen molar-refractivity contribution in [3.05, 3.63) is 94.5 Å². The molecule has 4 heterocycles. The highest BCUT2D eigenvalue weighted by atomic mass is 19.1. The molecule has 0 spiro atoms. The summed E-state index contributed by atoms with van der Waals surface area (Å²) in [6.07, 6.45) is 3.74. The summed E-state index contributed by atoms with van der Waals surface area (Å²) in [5.74, 6) is -1.69. The summed E-state index contributed by atoms with van der Waals surface area (Å²) in [4.78, 5) is 44.5. The van der Waals surface area contributed by atoms with Crippen LogP contribution in [0.25, 0.3) is 16.7 Å². The molecule has 0 saturated carbocycles. The van der Waals surface area contributed by atoms with Crippen molar-refractivity contribution in [2.24, 2.45) is 0 Å². The van der Waals surface area contributed by atoms with Gasteiger partial charge in [-0.1, -0.05) is 0 Å². The first kappa shape index (κ1) is 31.3. The van der Waals surface area contributed by atoms with Crippen molar-refractivity contribution in [3.63, 3.8) is 0 Å². The average Bonchev–Trinajstić information content (AvgIpc) is 3.49. The summed E-state index contributed by atoms with van der Waals surface area (Å²) in [6, 6.07) is 11.4. The van der Waals surface area contributed by atoms with E-state index in [-0.39, 0.29) is 52.4 Å². The molecule has 1 aliphatic rings. The van der Waals surface area contributed by atoms with Gasteiger partial charge in [0, 0.05) is 56.1 Å². The molecule has 6 rings (SSSR count). The Morgan fingerprint density at radius 3 is 2.51 bits per heavy atom. The molecule has 1 fully saturated rings. The van der Waals surface area contributed by atoms with E-state index < -0.39 is 23.1 Å². The average molecular weight is 645 g/mol. The highest BCUT2D eigenvalue weighted by Gasteiger charge is 2.28. The number of carbonyl (C=O) groups is 2. The second-order valence-corrected chi connectivity index (χ2v) is 10.9. The standard InChI is InChI=1S/C32H30F2N8O5/c1-18(35-2)31(44)41-15-11-22(12-16-41)46-30-27-26(10-13-36-28(27)39-40-30)47-25-8-5-20(17-24(25)34)38-29(43)23-9-14-37-42(32(23)45)21-6-3-19(33)4-7-21/h3-10,13-14,17-18,22,35H,11-12,15-16H2,1-2H3,(H,38,43)(H,36,39,40)/t18-/m0/s1. The van der Waals surface area contributed by atoms with Crippen LogP contribution < -0.4 is 25.7 Å². The van der Waals surface area contributed by atoms with Crippen LogP contribution in [0.2, 0.25) is 0 Å². The first-order valence-electron chi connectivity index (χ1n) is 14.8. The van der Waals surface area contributed by atoms with Crippen molar-refractivity contribution in [1.29, 1.82) is 0 Å². The number of amides is 2. The van der Waals surface area contributed by atoms with Gasteiger partial charge in [0.15, 0.2) is 17.2 Å². The van der Waals surface area contributed by atoms with Gasteiger partial charge in [0.05, 0.1) is 11.7 Å². The number of hydrogen-bond donors (Lipinski definition) is 3. The normalized spacial score (nSPS) is 14.2. The number of hydrogen-bond acceptors (Lipinski definition) is 9. The van der Waals surface area contributed by atoms with Crippen molar-refractivity contribution >= 4 is 28.5 Å². The quantitative estimate of drug-likeness (QED) is 0.217. The van der Waals surface area contributed by atoms with E-state index >= 15 is 4.39 Å². The Balaban J connectivity index is 1.15. The second kappa shape index (κ2) is 13.3. The predicted molar refractivity (Wildman–Crippen MR) is 167 cm³/mol. The van der Waals surface area contributed by atoms with Crippen LogP contribution in [0.15, 0.2) is 71.8 Å². The maximum absolute atomic E-state index is 15.3. The fraction of sp³-hybridized carbons (Fsp3) is 0.250. The molecule has 47 heavy (non-hydrogen) atoms. The van der Waals surface area contributed by atoms with E-state index in [1.54, 1.807) is 18.0 Å². The molecule has 242 valence electrons. The zero-order valence-corrected chi connectivity index (χ0v) is 25.4. The van der Waals surface area contributed by atoms with Crippen LogP contribution in [-0.4, -0.2) is 74.0 Å². The molecule has 3 aromatic heterocycles. The monoisotopic (exact) mass is 644 g/mol. The van der Waals surface area contributed by atoms with Gasteiger partial charge in [-0.05, 0) is 56.4 Å². The Bertz CT molecular complexity index is 1990. The molecule has 2 aromatic carbocycles. The van der Waals surface area contributed by atoms with E-state index in [0.717, 1.165) is 10.7 Å². The van der Waals surface area contributed by atoms with Crippen LogP contribution in [-0.2, 0) is 4.79 Å². The molecular weight excluding hydrogens is 614 g/mol. The van der Waals surface area contributed by atoms with Crippen molar-refractivity contribution in [2.45, 2.75) is 31.9 Å². The van der Waals surface area contributed by atoms with E-state index in [2.05, 4.69) is 30.9 Å². The zero-order chi connectivity index (χ0) is 33.1. The molecule has 1 saturated heterocycles. The van der Waals surface area contributed by atoms with Gasteiger partial charge in [0.25, 0.3) is 11.5 Å². The smallest absolute Gasteiger partial charge is 0.284 e. The van der Waals surface area contributed by atoms with Gasteiger partial charge >= 0.3 is 0 Å². The zero-order valence-electron chi connectivity index (χ0n) is 25.4. The molecule has 1 aliphatic heterocycles. The van der Waals surface area contributed by atoms with Crippen molar-refractivity contribution in [1.82, 2.24) is 35.2 Å². The van der Waals surface area contributed by atoms with E-state index in [9.17, 15) is 18.8 Å². The molecule has 0 bridgehead atoms. The second-order valence-electron chi connectivity index (χ2n) is 10.9. The molecule has 5 aromatic rings. The molecule has 0 radical (unpaired) electrons. The number of benzene rings is 2. The molecule has 1 atom stereocenters. The third kappa shape index (κ3) is 6.65. The third-order valence-electron chi connectivity index (χ3n) is 7.80. The lowest BCUT2D eigenvalue weighted by Crippen LogP contribution is -2.48. The number of halogens is 2. The number of likely N-dealkylation sites (tertiary alicyclic amines) is 1. The Labute approximate surface area is 266 Å². The summed E-state index contributed by atoms with van der Waals surface area (Å²) in [6.45, 7) is 2.90. The van der Waals surface area contributed by atoms with Crippen LogP contribution in [0.4, 0.5) is 14.5 Å². The number of aromatic amines is 1. The Morgan fingerprint density at radius 1 is 1.02 bits per heavy atom. The number of nitrogens with one attached hydrogen (secondary N) is 3. The number of likely N-dealkylation sites (N-methyl/N-ethyl adjacent to an activating group) is 1. The Morgan fingerprint density at radius 2 is 1.79 bits per heavy atom. The lowest BCUT2D eigenvalue weighted by molar-refractivity contribution is -0.134. The molecule has 2 amide bonds. The number of aromatic nitrogens is 5. The van der Waals surface area contributed by atoms with E-state index in [1.807, 2.05) is 6.92 Å². The van der Waals surface area contributed by atoms with Gasteiger partial charge in [0.2, 0.25) is 11.8 Å². The molecule has 0 unspecified atom stereocenters. The van der Waals surface area contributed by atoms with Crippen LogP contribution >= 0.6 is 0 Å². The van der Waals surface area contributed by atoms with Crippen LogP contribution in [0, 0.1) is 11.6 Å². The molecule has 15 heteroatoms. The highest BCUT2D eigenvalue weighted by Crippen LogP contribution is 2.36. The number of pyridine rings is 1. The largest absolute Gasteiger partial charge is 0.473 e. The number of piperidine rings is 1. The Kier molecular flexibility index (Phi) is 8.88. The first-order valence-corrected chi connectivity index (χ1v) is 14.8. The first-order chi connectivity index (χ1) is 22.7. The summed E-state index contributed by atoms with van der Waals surface area (Å²) in [5, 5.41) is 16.9. The SMILES string of the molecule is CN[C@@H](C)C(=O)N1CCC(Oc2n[nH]c3nccc(Oc4ccc(NC(=O)c5ccnn(-c6ccc(F)cc6)c5=O)cc4F)c23)CC1. The van der Waals surface area contributed by atoms with Gasteiger partial charge in [-0.2, -0.15) is 9.78 Å². The van der Waals surface area contributed by atoms with Gasteiger partial charge in [-0.15, -0.1) is 5.10 Å². The molecule has 3 N–H and O–H groups in total. The number of carbonyl (C=O) groups excluding carboxylic acids is 2. The summed E-state index contributed by atoms with van der Waals surface area (Å²) < 4.78 is 41.7. The topological polar surface area (TPSA) is 156 Å². The minimum absolute atomic E-state index is 0.0335. The van der Waals surface area contributed by atoms with Gasteiger partial charge in [-0.3, -0.25) is 19.5 Å². The van der Waals surface area contributed by atoms with E-state index in [1.165, 1.54) is 54.9 Å². The van der Waals surface area contributed by atoms with Crippen LogP contribution in [0.3, 0.4) is 0 Å². The lowest BCUT2D eigenvalue weighted by atomic mass is 10.1. The van der Waals surface area contributed by atoms with Crippen molar-refractivity contribution < 1.29 is 27.8 Å². The van der Waals surface area contributed by atoms with Crippen LogP contribution in [0.5, 0.6) is 17.4 Å². The van der Waals surface area contributed by atoms with E-state index in [0.29, 0.717) is 37.0 Å². The number of ether oxygens (including phenoxy) is 2. The molecular formula is C32H30F2N8O5.